The van der Waals surface area contributed by atoms with Gasteiger partial charge in [0, 0.05) is 17.6 Å². The molecule has 0 aromatic heterocycles. The number of aromatic hydroxyl groups is 1. The number of unbranched alkanes of at least 4 members (excludes halogenated alkanes) is 2. The van der Waals surface area contributed by atoms with Crippen LogP contribution in [0.25, 0.3) is 0 Å². The minimum Gasteiger partial charge on any atom is -0.508 e. The first kappa shape index (κ1) is 31.3. The van der Waals surface area contributed by atoms with Crippen LogP contribution in [-0.2, 0) is 14.3 Å². The molecule has 2 unspecified atom stereocenters. The molecule has 8 heteroatoms. The molecule has 1 aromatic rings. The molecule has 0 heterocycles. The summed E-state index contributed by atoms with van der Waals surface area (Å²) in [7, 11) is 0. The average molecular weight is 506 g/mol. The van der Waals surface area contributed by atoms with Gasteiger partial charge in [-0.1, -0.05) is 51.8 Å². The van der Waals surface area contributed by atoms with Crippen molar-refractivity contribution in [1.82, 2.24) is 15.5 Å². The number of nitrogens with zero attached hydrogens (tertiary/aromatic N) is 1. The number of carbonyl (C=O) groups is 3. The summed E-state index contributed by atoms with van der Waals surface area (Å²) in [5.74, 6) is -0.754. The third-order valence-corrected chi connectivity index (χ3v) is 5.27. The highest BCUT2D eigenvalue weighted by atomic mass is 16.6. The van der Waals surface area contributed by atoms with Crippen molar-refractivity contribution in [2.45, 2.75) is 111 Å². The third kappa shape index (κ3) is 10.9. The molecule has 0 radical (unpaired) electrons. The highest BCUT2D eigenvalue weighted by molar-refractivity contribution is 5.92. The van der Waals surface area contributed by atoms with Crippen LogP contribution in [0.3, 0.4) is 0 Å². The topological polar surface area (TPSA) is 108 Å². The van der Waals surface area contributed by atoms with E-state index in [4.69, 9.17) is 4.74 Å². The van der Waals surface area contributed by atoms with Crippen LogP contribution < -0.4 is 10.6 Å². The molecule has 0 saturated carbocycles. The SMILES string of the molecule is CCCCCN(C(=O)C(CC(C)C)NC(=O)OC(C)(C)C)C(C(=O)NC(C)(C)C)c1ccccc1O. The van der Waals surface area contributed by atoms with E-state index in [-0.39, 0.29) is 17.6 Å². The summed E-state index contributed by atoms with van der Waals surface area (Å²) in [5.41, 5.74) is -0.935. The van der Waals surface area contributed by atoms with Crippen molar-refractivity contribution in [1.29, 1.82) is 0 Å². The van der Waals surface area contributed by atoms with Crippen LogP contribution in [0.2, 0.25) is 0 Å². The molecule has 0 aliphatic rings. The van der Waals surface area contributed by atoms with Crippen LogP contribution in [0.4, 0.5) is 4.79 Å². The fourth-order valence-electron chi connectivity index (χ4n) is 3.85. The van der Waals surface area contributed by atoms with Crippen molar-refractivity contribution in [3.63, 3.8) is 0 Å². The van der Waals surface area contributed by atoms with E-state index in [9.17, 15) is 19.5 Å². The van der Waals surface area contributed by atoms with Gasteiger partial charge in [-0.15, -0.1) is 0 Å². The van der Waals surface area contributed by atoms with Gasteiger partial charge in [0.15, 0.2) is 0 Å². The van der Waals surface area contributed by atoms with Crippen LogP contribution >= 0.6 is 0 Å². The van der Waals surface area contributed by atoms with E-state index in [1.54, 1.807) is 39.0 Å². The number of amides is 3. The second kappa shape index (κ2) is 13.5. The van der Waals surface area contributed by atoms with Gasteiger partial charge in [0.25, 0.3) is 0 Å². The predicted molar refractivity (Wildman–Crippen MR) is 143 cm³/mol. The lowest BCUT2D eigenvalue weighted by Gasteiger charge is -2.36. The number of hydrogen-bond donors (Lipinski definition) is 3. The van der Waals surface area contributed by atoms with Gasteiger partial charge in [-0.3, -0.25) is 9.59 Å². The summed E-state index contributed by atoms with van der Waals surface area (Å²) >= 11 is 0. The number of alkyl carbamates (subject to hydrolysis) is 1. The van der Waals surface area contributed by atoms with E-state index in [2.05, 4.69) is 17.6 Å². The van der Waals surface area contributed by atoms with Crippen LogP contribution in [0.15, 0.2) is 24.3 Å². The summed E-state index contributed by atoms with van der Waals surface area (Å²) < 4.78 is 5.42. The van der Waals surface area contributed by atoms with Crippen LogP contribution in [0, 0.1) is 5.92 Å². The summed E-state index contributed by atoms with van der Waals surface area (Å²) in [6, 6.07) is 4.60. The zero-order valence-corrected chi connectivity index (χ0v) is 23.6. The maximum Gasteiger partial charge on any atom is 0.408 e. The second-order valence-corrected chi connectivity index (χ2v) is 11.8. The lowest BCUT2D eigenvalue weighted by atomic mass is 9.97. The molecular formula is C28H47N3O5. The van der Waals surface area contributed by atoms with Gasteiger partial charge in [-0.05, 0) is 66.4 Å². The van der Waals surface area contributed by atoms with Gasteiger partial charge in [0.05, 0.1) is 0 Å². The number of benzene rings is 1. The minimum atomic E-state index is -1.06. The van der Waals surface area contributed by atoms with Crippen molar-refractivity contribution in [2.24, 2.45) is 5.92 Å². The van der Waals surface area contributed by atoms with Crippen molar-refractivity contribution in [2.75, 3.05) is 6.54 Å². The molecule has 0 saturated heterocycles. The fourth-order valence-corrected chi connectivity index (χ4v) is 3.85. The summed E-state index contributed by atoms with van der Waals surface area (Å²) in [6.45, 7) is 17.1. The number of nitrogens with one attached hydrogen (secondary N) is 2. The molecule has 0 aliphatic carbocycles. The van der Waals surface area contributed by atoms with Crippen molar-refractivity contribution in [3.05, 3.63) is 29.8 Å². The first-order chi connectivity index (χ1) is 16.6. The molecule has 1 rings (SSSR count). The number of phenolic OH excluding ortho intramolecular Hbond substituents is 1. The standard InChI is InChI=1S/C28H47N3O5/c1-10-11-14-17-31(25(34)21(18-19(2)3)29-26(35)36-28(7,8)9)23(24(33)30-27(4,5)6)20-15-12-13-16-22(20)32/h12-13,15-16,19,21,23,32H,10-11,14,17-18H2,1-9H3,(H,29,35)(H,30,33). The van der Waals surface area contributed by atoms with Gasteiger partial charge >= 0.3 is 6.09 Å². The summed E-state index contributed by atoms with van der Waals surface area (Å²) in [4.78, 5) is 41.8. The van der Waals surface area contributed by atoms with Gasteiger partial charge in [-0.25, -0.2) is 4.79 Å². The van der Waals surface area contributed by atoms with Crippen molar-refractivity contribution < 1.29 is 24.2 Å². The van der Waals surface area contributed by atoms with E-state index < -0.39 is 35.2 Å². The Morgan fingerprint density at radius 1 is 1.03 bits per heavy atom. The zero-order chi connectivity index (χ0) is 27.7. The molecule has 0 spiro atoms. The van der Waals surface area contributed by atoms with Crippen LogP contribution in [-0.4, -0.2) is 51.6 Å². The highest BCUT2D eigenvalue weighted by Crippen LogP contribution is 2.31. The Morgan fingerprint density at radius 3 is 2.14 bits per heavy atom. The first-order valence-corrected chi connectivity index (χ1v) is 13.0. The first-order valence-electron chi connectivity index (χ1n) is 13.0. The largest absolute Gasteiger partial charge is 0.508 e. The van der Waals surface area contributed by atoms with E-state index in [0.717, 1.165) is 12.8 Å². The van der Waals surface area contributed by atoms with E-state index in [0.29, 0.717) is 24.9 Å². The predicted octanol–water partition coefficient (Wildman–Crippen LogP) is 5.31. The number of hydrogen-bond acceptors (Lipinski definition) is 5. The monoisotopic (exact) mass is 505 g/mol. The molecule has 3 N–H and O–H groups in total. The van der Waals surface area contributed by atoms with Crippen LogP contribution in [0.5, 0.6) is 5.75 Å². The van der Waals surface area contributed by atoms with Crippen molar-refractivity contribution >= 4 is 17.9 Å². The van der Waals surface area contributed by atoms with E-state index in [1.807, 2.05) is 34.6 Å². The fraction of sp³-hybridized carbons (Fsp3) is 0.679. The molecule has 8 nitrogen and oxygen atoms in total. The molecule has 1 aromatic carbocycles. The average Bonchev–Trinajstić information content (AvgIpc) is 2.70. The van der Waals surface area contributed by atoms with Gasteiger partial charge < -0.3 is 25.4 Å². The Kier molecular flexibility index (Phi) is 11.7. The Hall–Kier alpha value is -2.77. The summed E-state index contributed by atoms with van der Waals surface area (Å²) in [5, 5.41) is 16.4. The number of carbonyl (C=O) groups excluding carboxylic acids is 3. The highest BCUT2D eigenvalue weighted by Gasteiger charge is 2.38. The number of para-hydroxylation sites is 1. The molecule has 36 heavy (non-hydrogen) atoms. The number of phenols is 1. The van der Waals surface area contributed by atoms with Crippen molar-refractivity contribution in [3.8, 4) is 5.75 Å². The Labute approximate surface area is 217 Å². The van der Waals surface area contributed by atoms with Gasteiger partial charge in [0.1, 0.15) is 23.4 Å². The quantitative estimate of drug-likeness (QED) is 0.353. The lowest BCUT2D eigenvalue weighted by Crippen LogP contribution is -2.55. The van der Waals surface area contributed by atoms with E-state index >= 15 is 0 Å². The molecule has 0 bridgehead atoms. The maximum absolute atomic E-state index is 14.1. The molecule has 3 amide bonds. The minimum absolute atomic E-state index is 0.0691. The Bertz CT molecular complexity index is 871. The van der Waals surface area contributed by atoms with Gasteiger partial charge in [-0.2, -0.15) is 0 Å². The third-order valence-electron chi connectivity index (χ3n) is 5.27. The second-order valence-electron chi connectivity index (χ2n) is 11.8. The molecular weight excluding hydrogens is 458 g/mol. The number of ether oxygens (including phenoxy) is 1. The smallest absolute Gasteiger partial charge is 0.408 e. The Balaban J connectivity index is 3.53. The van der Waals surface area contributed by atoms with Crippen LogP contribution in [0.1, 0.15) is 99.6 Å². The lowest BCUT2D eigenvalue weighted by molar-refractivity contribution is -0.143. The molecule has 0 aliphatic heterocycles. The number of rotatable bonds is 11. The molecule has 204 valence electrons. The van der Waals surface area contributed by atoms with Gasteiger partial charge in [0.2, 0.25) is 11.8 Å². The Morgan fingerprint density at radius 2 is 1.64 bits per heavy atom. The normalized spacial score (nSPS) is 13.6. The van der Waals surface area contributed by atoms with E-state index in [1.165, 1.54) is 11.0 Å². The molecule has 2 atom stereocenters. The zero-order valence-electron chi connectivity index (χ0n) is 23.6. The maximum atomic E-state index is 14.1. The molecule has 0 fully saturated rings. The summed E-state index contributed by atoms with van der Waals surface area (Å²) in [6.07, 6.45) is 2.16.